The zero-order valence-electron chi connectivity index (χ0n) is 21.0. The maximum absolute atomic E-state index is 13.3. The fourth-order valence-corrected chi connectivity index (χ4v) is 4.39. The molecule has 188 valence electrons. The lowest BCUT2D eigenvalue weighted by Crippen LogP contribution is -2.38. The molecule has 3 rings (SSSR count). The molecule has 0 radical (unpaired) electrons. The molecule has 2 aromatic carbocycles. The molecule has 0 bridgehead atoms. The number of likely N-dealkylation sites (tertiary alicyclic amines) is 1. The number of methoxy groups -OCH3 is 1. The van der Waals surface area contributed by atoms with Gasteiger partial charge in [-0.05, 0) is 68.4 Å². The van der Waals surface area contributed by atoms with E-state index in [1.165, 1.54) is 11.0 Å². The van der Waals surface area contributed by atoms with Crippen molar-refractivity contribution in [3.63, 3.8) is 0 Å². The van der Waals surface area contributed by atoms with Gasteiger partial charge in [0.1, 0.15) is 11.5 Å². The van der Waals surface area contributed by atoms with Crippen LogP contribution in [0, 0.1) is 6.92 Å². The first-order valence-corrected chi connectivity index (χ1v) is 11.9. The second-order valence-electron chi connectivity index (χ2n) is 8.36. The Hall–Kier alpha value is -3.52. The summed E-state index contributed by atoms with van der Waals surface area (Å²) in [5.41, 5.74) is 1.73. The molecule has 8 heteroatoms. The maximum atomic E-state index is 13.3. The highest BCUT2D eigenvalue weighted by Gasteiger charge is 2.46. The van der Waals surface area contributed by atoms with Crippen molar-refractivity contribution in [1.29, 1.82) is 0 Å². The molecule has 1 amide bonds. The number of rotatable bonds is 10. The van der Waals surface area contributed by atoms with Crippen LogP contribution in [0.2, 0.25) is 0 Å². The number of phenols is 1. The number of aliphatic hydroxyl groups excluding tert-OH is 1. The molecule has 0 aliphatic carbocycles. The van der Waals surface area contributed by atoms with Crippen LogP contribution in [0.1, 0.15) is 43.5 Å². The number of Topliss-reactive ketones (excluding diaryl/α,β-unsaturated/α-hetero) is 1. The predicted octanol–water partition coefficient (Wildman–Crippen LogP) is 3.87. The first-order valence-electron chi connectivity index (χ1n) is 11.9. The van der Waals surface area contributed by atoms with E-state index in [2.05, 4.69) is 4.90 Å². The van der Waals surface area contributed by atoms with Gasteiger partial charge in [0.2, 0.25) is 0 Å². The Bertz CT molecular complexity index is 1120. The largest absolute Gasteiger partial charge is 0.507 e. The summed E-state index contributed by atoms with van der Waals surface area (Å²) in [5.74, 6) is -0.823. The molecule has 35 heavy (non-hydrogen) atoms. The van der Waals surface area contributed by atoms with Gasteiger partial charge in [-0.25, -0.2) is 0 Å². The van der Waals surface area contributed by atoms with E-state index < -0.39 is 17.7 Å². The summed E-state index contributed by atoms with van der Waals surface area (Å²) in [5, 5.41) is 21.6. The van der Waals surface area contributed by atoms with Gasteiger partial charge < -0.3 is 29.5 Å². The Morgan fingerprint density at radius 3 is 2.40 bits per heavy atom. The van der Waals surface area contributed by atoms with Crippen LogP contribution in [0.4, 0.5) is 0 Å². The van der Waals surface area contributed by atoms with E-state index in [4.69, 9.17) is 9.47 Å². The van der Waals surface area contributed by atoms with Crippen molar-refractivity contribution >= 4 is 17.4 Å². The van der Waals surface area contributed by atoms with E-state index in [0.717, 1.165) is 13.1 Å². The van der Waals surface area contributed by atoms with Gasteiger partial charge in [-0.15, -0.1) is 0 Å². The van der Waals surface area contributed by atoms with Crippen LogP contribution < -0.4 is 9.47 Å². The molecule has 2 aromatic rings. The molecule has 1 atom stereocenters. The van der Waals surface area contributed by atoms with Gasteiger partial charge >= 0.3 is 0 Å². The summed E-state index contributed by atoms with van der Waals surface area (Å²) in [7, 11) is 1.55. The number of hydrogen-bond donors (Lipinski definition) is 2. The third-order valence-electron chi connectivity index (χ3n) is 6.38. The van der Waals surface area contributed by atoms with Gasteiger partial charge in [0.05, 0.1) is 25.3 Å². The molecule has 8 nitrogen and oxygen atoms in total. The maximum Gasteiger partial charge on any atom is 0.295 e. The third-order valence-corrected chi connectivity index (χ3v) is 6.38. The lowest BCUT2D eigenvalue weighted by Gasteiger charge is -2.28. The molecule has 1 aliphatic heterocycles. The van der Waals surface area contributed by atoms with Gasteiger partial charge in [0.15, 0.2) is 11.5 Å². The summed E-state index contributed by atoms with van der Waals surface area (Å²) in [4.78, 5) is 30.1. The minimum Gasteiger partial charge on any atom is -0.507 e. The molecule has 1 fully saturated rings. The van der Waals surface area contributed by atoms with Crippen LogP contribution in [0.25, 0.3) is 5.76 Å². The van der Waals surface area contributed by atoms with Crippen molar-refractivity contribution in [3.05, 3.63) is 58.7 Å². The monoisotopic (exact) mass is 482 g/mol. The van der Waals surface area contributed by atoms with Crippen LogP contribution in [0.15, 0.2) is 42.0 Å². The van der Waals surface area contributed by atoms with E-state index in [9.17, 15) is 19.8 Å². The van der Waals surface area contributed by atoms with Gasteiger partial charge in [0, 0.05) is 18.7 Å². The number of phenolic OH excluding ortho intramolecular Hbond substituents is 1. The number of hydrogen-bond acceptors (Lipinski definition) is 7. The first kappa shape index (κ1) is 26.1. The molecule has 0 unspecified atom stereocenters. The topological polar surface area (TPSA) is 99.5 Å². The van der Waals surface area contributed by atoms with Gasteiger partial charge in [-0.1, -0.05) is 19.9 Å². The fourth-order valence-electron chi connectivity index (χ4n) is 4.39. The molecule has 0 spiro atoms. The number of aryl methyl sites for hydroxylation is 1. The molecule has 2 N–H and O–H groups in total. The Kier molecular flexibility index (Phi) is 8.40. The third kappa shape index (κ3) is 5.27. The number of nitrogens with zero attached hydrogens (tertiary/aromatic N) is 2. The summed E-state index contributed by atoms with van der Waals surface area (Å²) in [6.07, 6.45) is 0. The normalized spacial score (nSPS) is 17.3. The summed E-state index contributed by atoms with van der Waals surface area (Å²) in [6, 6.07) is 9.04. The van der Waals surface area contributed by atoms with Crippen molar-refractivity contribution < 1.29 is 29.3 Å². The molecule has 1 heterocycles. The highest BCUT2D eigenvalue weighted by molar-refractivity contribution is 6.46. The number of carbonyl (C=O) groups is 2. The highest BCUT2D eigenvalue weighted by Crippen LogP contribution is 2.42. The average molecular weight is 483 g/mol. The van der Waals surface area contributed by atoms with Crippen LogP contribution >= 0.6 is 0 Å². The number of aliphatic hydroxyl groups is 1. The van der Waals surface area contributed by atoms with Crippen molar-refractivity contribution in [2.24, 2.45) is 0 Å². The van der Waals surface area contributed by atoms with E-state index in [-0.39, 0.29) is 22.8 Å². The SMILES string of the molecule is CCOc1cc([C@@H]2C(=C(O)c3ccc(OC)cc3C)C(=O)C(=O)N2CCN(CC)CC)ccc1O. The van der Waals surface area contributed by atoms with Crippen LogP contribution in [-0.2, 0) is 9.59 Å². The second-order valence-corrected chi connectivity index (χ2v) is 8.36. The number of amides is 1. The van der Waals surface area contributed by atoms with Crippen molar-refractivity contribution in [3.8, 4) is 17.2 Å². The van der Waals surface area contributed by atoms with Crippen LogP contribution in [0.3, 0.4) is 0 Å². The standard InChI is InChI=1S/C27H34N2O6/c1-6-28(7-2)13-14-29-24(18-9-12-21(30)22(16-18)35-8-3)23(26(32)27(29)33)25(31)20-11-10-19(34-5)15-17(20)4/h9-12,15-16,24,30-31H,6-8,13-14H2,1-5H3/t24-/m1/s1. The van der Waals surface area contributed by atoms with E-state index in [1.807, 2.05) is 13.8 Å². The molecule has 1 aliphatic rings. The number of benzene rings is 2. The number of ether oxygens (including phenoxy) is 2. The zero-order valence-corrected chi connectivity index (χ0v) is 21.0. The highest BCUT2D eigenvalue weighted by atomic mass is 16.5. The first-order chi connectivity index (χ1) is 16.8. The number of aromatic hydroxyl groups is 1. The molecule has 1 saturated heterocycles. The van der Waals surface area contributed by atoms with E-state index in [0.29, 0.717) is 42.1 Å². The molecular weight excluding hydrogens is 448 g/mol. The smallest absolute Gasteiger partial charge is 0.295 e. The Morgan fingerprint density at radius 2 is 1.80 bits per heavy atom. The molecular formula is C27H34N2O6. The minimum absolute atomic E-state index is 0.0101. The fraction of sp³-hybridized carbons (Fsp3) is 0.407. The van der Waals surface area contributed by atoms with E-state index >= 15 is 0 Å². The Labute approximate surface area is 206 Å². The number of likely N-dealkylation sites (N-methyl/N-ethyl adjacent to an activating group) is 1. The summed E-state index contributed by atoms with van der Waals surface area (Å²) in [6.45, 7) is 10.5. The number of carbonyl (C=O) groups excluding carboxylic acids is 2. The van der Waals surface area contributed by atoms with Crippen molar-refractivity contribution in [2.45, 2.75) is 33.7 Å². The molecule has 0 aromatic heterocycles. The van der Waals surface area contributed by atoms with Gasteiger partial charge in [-0.3, -0.25) is 9.59 Å². The van der Waals surface area contributed by atoms with Gasteiger partial charge in [-0.2, -0.15) is 0 Å². The summed E-state index contributed by atoms with van der Waals surface area (Å²) < 4.78 is 10.8. The lowest BCUT2D eigenvalue weighted by atomic mass is 9.93. The van der Waals surface area contributed by atoms with Crippen LogP contribution in [-0.4, -0.2) is 71.6 Å². The number of ketones is 1. The Balaban J connectivity index is 2.17. The summed E-state index contributed by atoms with van der Waals surface area (Å²) >= 11 is 0. The average Bonchev–Trinajstić information content (AvgIpc) is 3.10. The predicted molar refractivity (Wildman–Crippen MR) is 134 cm³/mol. The Morgan fingerprint density at radius 1 is 1.09 bits per heavy atom. The van der Waals surface area contributed by atoms with E-state index in [1.54, 1.807) is 51.3 Å². The minimum atomic E-state index is -0.827. The second kappa shape index (κ2) is 11.3. The molecule has 0 saturated carbocycles. The zero-order chi connectivity index (χ0) is 25.7. The quantitative estimate of drug-likeness (QED) is 0.301. The lowest BCUT2D eigenvalue weighted by molar-refractivity contribution is -0.140. The van der Waals surface area contributed by atoms with Crippen molar-refractivity contribution in [1.82, 2.24) is 9.80 Å². The van der Waals surface area contributed by atoms with Gasteiger partial charge in [0.25, 0.3) is 11.7 Å². The van der Waals surface area contributed by atoms with Crippen molar-refractivity contribution in [2.75, 3.05) is 39.9 Å². The van der Waals surface area contributed by atoms with Crippen LogP contribution in [0.5, 0.6) is 17.2 Å².